The van der Waals surface area contributed by atoms with Gasteiger partial charge in [-0.1, -0.05) is 0 Å². The summed E-state index contributed by atoms with van der Waals surface area (Å²) in [5.41, 5.74) is 0. The molecule has 0 amide bonds. The molecule has 0 fully saturated rings. The summed E-state index contributed by atoms with van der Waals surface area (Å²) in [6.07, 6.45) is 6.17. The summed E-state index contributed by atoms with van der Waals surface area (Å²) in [5, 5.41) is 2.94. The van der Waals surface area contributed by atoms with E-state index in [1.165, 1.54) is 6.08 Å². The third-order valence-corrected chi connectivity index (χ3v) is 2.34. The van der Waals surface area contributed by atoms with Gasteiger partial charge >= 0.3 is 5.97 Å². The summed E-state index contributed by atoms with van der Waals surface area (Å²) in [7, 11) is 0. The van der Waals surface area contributed by atoms with Crippen LogP contribution in [0.2, 0.25) is 0 Å². The minimum absolute atomic E-state index is 0.235. The van der Waals surface area contributed by atoms with Crippen molar-refractivity contribution in [1.82, 2.24) is 9.97 Å². The summed E-state index contributed by atoms with van der Waals surface area (Å²) >= 11 is 0. The minimum Gasteiger partial charge on any atom is -0.462 e. The molecular formula is C14H15N3O3. The fourth-order valence-corrected chi connectivity index (χ4v) is 1.45. The Bertz CT molecular complexity index is 578. The second kappa shape index (κ2) is 7.08. The molecule has 104 valence electrons. The Balaban J connectivity index is 1.66. The molecule has 0 aromatic carbocycles. The lowest BCUT2D eigenvalue weighted by Gasteiger charge is -2.03. The zero-order valence-electron chi connectivity index (χ0n) is 11.1. The molecule has 0 spiro atoms. The van der Waals surface area contributed by atoms with E-state index in [1.807, 2.05) is 13.0 Å². The number of hydrogen-bond donors (Lipinski definition) is 1. The molecule has 0 aliphatic carbocycles. The molecular weight excluding hydrogens is 258 g/mol. The maximum atomic E-state index is 11.4. The van der Waals surface area contributed by atoms with E-state index in [2.05, 4.69) is 15.3 Å². The molecule has 1 N–H and O–H groups in total. The number of rotatable bonds is 6. The van der Waals surface area contributed by atoms with E-state index in [4.69, 9.17) is 9.15 Å². The van der Waals surface area contributed by atoms with Crippen molar-refractivity contribution in [2.75, 3.05) is 18.5 Å². The standard InChI is InChI=1S/C14H15N3O3/c1-11-3-4-12(20-11)5-6-13(18)19-10-9-17-14-15-7-2-8-16-14/h2-8H,9-10H2,1H3,(H,15,16,17). The predicted octanol–water partition coefficient (Wildman–Crippen LogP) is 2.05. The molecule has 2 aromatic heterocycles. The van der Waals surface area contributed by atoms with Gasteiger partial charge in [-0.3, -0.25) is 0 Å². The van der Waals surface area contributed by atoms with Crippen molar-refractivity contribution in [3.8, 4) is 0 Å². The number of furan rings is 1. The Morgan fingerprint density at radius 3 is 2.90 bits per heavy atom. The lowest BCUT2D eigenvalue weighted by molar-refractivity contribution is -0.137. The first-order valence-electron chi connectivity index (χ1n) is 6.16. The Labute approximate surface area is 116 Å². The van der Waals surface area contributed by atoms with Crippen LogP contribution in [0.3, 0.4) is 0 Å². The zero-order valence-corrected chi connectivity index (χ0v) is 11.1. The van der Waals surface area contributed by atoms with Crippen LogP contribution in [-0.4, -0.2) is 29.1 Å². The molecule has 6 heteroatoms. The van der Waals surface area contributed by atoms with Gasteiger partial charge in [0.1, 0.15) is 18.1 Å². The van der Waals surface area contributed by atoms with Crippen LogP contribution in [-0.2, 0) is 9.53 Å². The number of carbonyl (C=O) groups excluding carboxylic acids is 1. The van der Waals surface area contributed by atoms with Crippen LogP contribution >= 0.6 is 0 Å². The molecule has 6 nitrogen and oxygen atoms in total. The summed E-state index contributed by atoms with van der Waals surface area (Å²) in [5.74, 6) is 1.50. The molecule has 20 heavy (non-hydrogen) atoms. The monoisotopic (exact) mass is 273 g/mol. The first-order chi connectivity index (χ1) is 9.74. The van der Waals surface area contributed by atoms with E-state index in [-0.39, 0.29) is 6.61 Å². The van der Waals surface area contributed by atoms with Crippen molar-refractivity contribution in [1.29, 1.82) is 0 Å². The van der Waals surface area contributed by atoms with Crippen LogP contribution in [0.25, 0.3) is 6.08 Å². The Kier molecular flexibility index (Phi) is 4.88. The predicted molar refractivity (Wildman–Crippen MR) is 74.0 cm³/mol. The first-order valence-corrected chi connectivity index (χ1v) is 6.16. The number of aryl methyl sites for hydroxylation is 1. The van der Waals surface area contributed by atoms with Gasteiger partial charge in [0, 0.05) is 18.5 Å². The average Bonchev–Trinajstić information content (AvgIpc) is 2.88. The number of aromatic nitrogens is 2. The van der Waals surface area contributed by atoms with Gasteiger partial charge < -0.3 is 14.5 Å². The number of ether oxygens (including phenoxy) is 1. The number of esters is 1. The third-order valence-electron chi connectivity index (χ3n) is 2.34. The molecule has 2 heterocycles. The summed E-state index contributed by atoms with van der Waals surface area (Å²) in [4.78, 5) is 19.4. The molecule has 0 unspecified atom stereocenters. The Morgan fingerprint density at radius 2 is 2.20 bits per heavy atom. The van der Waals surface area contributed by atoms with Crippen molar-refractivity contribution in [2.45, 2.75) is 6.92 Å². The third kappa shape index (κ3) is 4.56. The summed E-state index contributed by atoms with van der Waals surface area (Å²) in [6, 6.07) is 5.34. The fourth-order valence-electron chi connectivity index (χ4n) is 1.45. The summed E-state index contributed by atoms with van der Waals surface area (Å²) < 4.78 is 10.3. The lowest BCUT2D eigenvalue weighted by Crippen LogP contribution is -2.13. The number of anilines is 1. The fraction of sp³-hybridized carbons (Fsp3) is 0.214. The van der Waals surface area contributed by atoms with E-state index in [9.17, 15) is 4.79 Å². The molecule has 2 rings (SSSR count). The van der Waals surface area contributed by atoms with Gasteiger partial charge in [-0.15, -0.1) is 0 Å². The second-order valence-electron chi connectivity index (χ2n) is 3.95. The average molecular weight is 273 g/mol. The van der Waals surface area contributed by atoms with Crippen molar-refractivity contribution >= 4 is 18.0 Å². The van der Waals surface area contributed by atoms with Crippen molar-refractivity contribution in [3.05, 3.63) is 48.2 Å². The van der Waals surface area contributed by atoms with Crippen LogP contribution < -0.4 is 5.32 Å². The van der Waals surface area contributed by atoms with Gasteiger partial charge in [-0.05, 0) is 31.2 Å². The van der Waals surface area contributed by atoms with Crippen molar-refractivity contribution in [3.63, 3.8) is 0 Å². The van der Waals surface area contributed by atoms with Gasteiger partial charge in [0.05, 0.1) is 6.54 Å². The number of nitrogens with one attached hydrogen (secondary N) is 1. The highest BCUT2D eigenvalue weighted by atomic mass is 16.5. The van der Waals surface area contributed by atoms with Gasteiger partial charge in [0.2, 0.25) is 5.95 Å². The molecule has 0 aliphatic rings. The van der Waals surface area contributed by atoms with E-state index < -0.39 is 5.97 Å². The molecule has 0 radical (unpaired) electrons. The molecule has 0 saturated heterocycles. The Hall–Kier alpha value is -2.63. The number of nitrogens with zero attached hydrogens (tertiary/aromatic N) is 2. The lowest BCUT2D eigenvalue weighted by atomic mass is 10.4. The SMILES string of the molecule is Cc1ccc(C=CC(=O)OCCNc2ncccn2)o1. The van der Waals surface area contributed by atoms with Crippen LogP contribution in [0.4, 0.5) is 5.95 Å². The molecule has 0 atom stereocenters. The van der Waals surface area contributed by atoms with Crippen LogP contribution in [0.15, 0.2) is 41.1 Å². The van der Waals surface area contributed by atoms with Gasteiger partial charge in [0.25, 0.3) is 0 Å². The molecule has 0 bridgehead atoms. The minimum atomic E-state index is -0.421. The zero-order chi connectivity index (χ0) is 14.2. The van der Waals surface area contributed by atoms with E-state index in [0.29, 0.717) is 18.3 Å². The highest BCUT2D eigenvalue weighted by Gasteiger charge is 1.99. The maximum Gasteiger partial charge on any atom is 0.330 e. The number of hydrogen-bond acceptors (Lipinski definition) is 6. The summed E-state index contributed by atoms with van der Waals surface area (Å²) in [6.45, 7) is 2.52. The van der Waals surface area contributed by atoms with Crippen LogP contribution in [0, 0.1) is 6.92 Å². The van der Waals surface area contributed by atoms with Gasteiger partial charge in [-0.25, -0.2) is 14.8 Å². The highest BCUT2D eigenvalue weighted by molar-refractivity contribution is 5.86. The van der Waals surface area contributed by atoms with Crippen LogP contribution in [0.5, 0.6) is 0 Å². The maximum absolute atomic E-state index is 11.4. The van der Waals surface area contributed by atoms with E-state index in [0.717, 1.165) is 5.76 Å². The first kappa shape index (κ1) is 13.8. The van der Waals surface area contributed by atoms with E-state index in [1.54, 1.807) is 30.6 Å². The van der Waals surface area contributed by atoms with Crippen molar-refractivity contribution < 1.29 is 13.9 Å². The molecule has 0 aliphatic heterocycles. The van der Waals surface area contributed by atoms with E-state index >= 15 is 0 Å². The smallest absolute Gasteiger partial charge is 0.330 e. The largest absolute Gasteiger partial charge is 0.462 e. The normalized spacial score (nSPS) is 10.7. The Morgan fingerprint density at radius 1 is 1.40 bits per heavy atom. The van der Waals surface area contributed by atoms with Gasteiger partial charge in [-0.2, -0.15) is 0 Å². The highest BCUT2D eigenvalue weighted by Crippen LogP contribution is 2.07. The molecule has 0 saturated carbocycles. The second-order valence-corrected chi connectivity index (χ2v) is 3.95. The molecule has 2 aromatic rings. The van der Waals surface area contributed by atoms with Crippen molar-refractivity contribution in [2.24, 2.45) is 0 Å². The quantitative estimate of drug-likeness (QED) is 0.493. The van der Waals surface area contributed by atoms with Gasteiger partial charge in [0.15, 0.2) is 0 Å². The topological polar surface area (TPSA) is 77.2 Å². The van der Waals surface area contributed by atoms with Crippen LogP contribution in [0.1, 0.15) is 11.5 Å². The number of carbonyl (C=O) groups is 1.